The average Bonchev–Trinajstić information content (AvgIpc) is 3.28. The number of halogens is 4. The molecule has 0 saturated carbocycles. The highest BCUT2D eigenvalue weighted by molar-refractivity contribution is 7.18. The molecule has 0 amide bonds. The summed E-state index contributed by atoms with van der Waals surface area (Å²) in [4.78, 5) is 21.3. The number of thiazole rings is 1. The summed E-state index contributed by atoms with van der Waals surface area (Å²) in [6, 6.07) is 3.86. The van der Waals surface area contributed by atoms with Crippen molar-refractivity contribution >= 4 is 22.1 Å². The maximum Gasteiger partial charge on any atom is 0.435 e. The number of aromatic nitrogens is 5. The molecule has 1 aromatic carbocycles. The van der Waals surface area contributed by atoms with E-state index in [1.807, 2.05) is 0 Å². The van der Waals surface area contributed by atoms with Gasteiger partial charge in [0.05, 0.1) is 23.0 Å². The number of benzene rings is 1. The Balaban J connectivity index is 1.80. The second kappa shape index (κ2) is 6.30. The van der Waals surface area contributed by atoms with E-state index < -0.39 is 22.6 Å². The quantitative estimate of drug-likeness (QED) is 0.288. The molecule has 0 fully saturated rings. The Kier molecular flexibility index (Phi) is 4.03. The first kappa shape index (κ1) is 17.9. The number of hydrogen-bond donors (Lipinski definition) is 0. The van der Waals surface area contributed by atoms with Crippen molar-refractivity contribution in [3.63, 3.8) is 0 Å². The Morgan fingerprint density at radius 2 is 1.93 bits per heavy atom. The summed E-state index contributed by atoms with van der Waals surface area (Å²) in [6.45, 7) is 0. The molecule has 13 heteroatoms. The zero-order valence-electron chi connectivity index (χ0n) is 13.4. The average molecular weight is 410 g/mol. The molecule has 142 valence electrons. The van der Waals surface area contributed by atoms with Crippen molar-refractivity contribution in [2.45, 2.75) is 6.18 Å². The number of alkyl halides is 3. The van der Waals surface area contributed by atoms with Crippen molar-refractivity contribution in [2.75, 3.05) is 0 Å². The molecule has 0 spiro atoms. The van der Waals surface area contributed by atoms with Gasteiger partial charge in [-0.2, -0.15) is 22.8 Å². The number of imidazole rings is 1. The van der Waals surface area contributed by atoms with Crippen LogP contribution in [0, 0.1) is 15.9 Å². The Bertz CT molecular complexity index is 1220. The molecule has 0 bridgehead atoms. The Hall–Kier alpha value is -3.48. The van der Waals surface area contributed by atoms with E-state index in [1.54, 1.807) is 0 Å². The highest BCUT2D eigenvalue weighted by Gasteiger charge is 2.33. The van der Waals surface area contributed by atoms with Gasteiger partial charge in [0.15, 0.2) is 5.69 Å². The molecule has 3 aromatic heterocycles. The molecule has 0 aliphatic heterocycles. The summed E-state index contributed by atoms with van der Waals surface area (Å²) < 4.78 is 53.6. The predicted molar refractivity (Wildman–Crippen MR) is 88.9 cm³/mol. The highest BCUT2D eigenvalue weighted by atomic mass is 32.1. The number of nitrogens with zero attached hydrogens (tertiary/aromatic N) is 6. The zero-order chi connectivity index (χ0) is 20.1. The Labute approximate surface area is 156 Å². The second-order valence-electron chi connectivity index (χ2n) is 5.45. The number of fused-ring (bicyclic) bond motifs is 1. The molecule has 3 heterocycles. The lowest BCUT2D eigenvalue weighted by molar-refractivity contribution is -0.380. The van der Waals surface area contributed by atoms with Crippen LogP contribution in [0.15, 0.2) is 36.8 Å². The first-order valence-corrected chi connectivity index (χ1v) is 8.24. The molecule has 0 unspecified atom stereocenters. The Morgan fingerprint density at radius 1 is 1.14 bits per heavy atom. The van der Waals surface area contributed by atoms with Gasteiger partial charge < -0.3 is 0 Å². The van der Waals surface area contributed by atoms with Gasteiger partial charge in [-0.25, -0.2) is 19.3 Å². The molecule has 28 heavy (non-hydrogen) atoms. The Morgan fingerprint density at radius 3 is 2.61 bits per heavy atom. The fraction of sp³-hybridized carbons (Fsp3) is 0.0667. The summed E-state index contributed by atoms with van der Waals surface area (Å²) in [6.07, 6.45) is -1.84. The van der Waals surface area contributed by atoms with Crippen LogP contribution >= 0.6 is 11.3 Å². The van der Waals surface area contributed by atoms with Crippen LogP contribution in [0.2, 0.25) is 0 Å². The number of rotatable bonds is 3. The minimum absolute atomic E-state index is 0.00502. The molecule has 8 nitrogen and oxygen atoms in total. The molecule has 0 aliphatic rings. The second-order valence-corrected chi connectivity index (χ2v) is 6.46. The van der Waals surface area contributed by atoms with E-state index in [-0.39, 0.29) is 27.0 Å². The van der Waals surface area contributed by atoms with Crippen molar-refractivity contribution in [3.05, 3.63) is 58.4 Å². The molecule has 4 aromatic rings. The summed E-state index contributed by atoms with van der Waals surface area (Å²) in [5.41, 5.74) is -0.545. The molecular formula is C15H6F4N6O2S. The summed E-state index contributed by atoms with van der Waals surface area (Å²) in [7, 11) is 0. The van der Waals surface area contributed by atoms with Crippen molar-refractivity contribution in [1.82, 2.24) is 24.6 Å². The third-order valence-corrected chi connectivity index (χ3v) is 4.67. The monoisotopic (exact) mass is 410 g/mol. The van der Waals surface area contributed by atoms with Gasteiger partial charge in [0, 0.05) is 11.1 Å². The fourth-order valence-electron chi connectivity index (χ4n) is 2.43. The van der Waals surface area contributed by atoms with Gasteiger partial charge in [0.2, 0.25) is 0 Å². The summed E-state index contributed by atoms with van der Waals surface area (Å²) >= 11 is 0.697. The lowest BCUT2D eigenvalue weighted by Crippen LogP contribution is -2.11. The smallest absolute Gasteiger partial charge is 0.257 e. The van der Waals surface area contributed by atoms with E-state index in [9.17, 15) is 27.7 Å². The van der Waals surface area contributed by atoms with Crippen LogP contribution in [-0.2, 0) is 6.18 Å². The maximum atomic E-state index is 14.2. The largest absolute Gasteiger partial charge is 0.435 e. The topological polar surface area (TPSA) is 99.1 Å². The van der Waals surface area contributed by atoms with Crippen LogP contribution in [-0.4, -0.2) is 29.5 Å². The molecular weight excluding hydrogens is 404 g/mol. The maximum absolute atomic E-state index is 14.2. The van der Waals surface area contributed by atoms with E-state index in [1.165, 1.54) is 18.3 Å². The SMILES string of the molecule is O=[N+]([O-])c1cnc(-c2cc(-c3cnc4nc(C(F)(F)F)cnn34)ccc2F)s1. The minimum Gasteiger partial charge on any atom is -0.257 e. The minimum atomic E-state index is -4.66. The van der Waals surface area contributed by atoms with Crippen LogP contribution in [0.3, 0.4) is 0 Å². The third kappa shape index (κ3) is 3.05. The van der Waals surface area contributed by atoms with Crippen molar-refractivity contribution in [2.24, 2.45) is 0 Å². The predicted octanol–water partition coefficient (Wildman–Crippen LogP) is 3.98. The molecule has 4 rings (SSSR count). The van der Waals surface area contributed by atoms with Crippen LogP contribution < -0.4 is 0 Å². The van der Waals surface area contributed by atoms with Crippen molar-refractivity contribution < 1.29 is 22.5 Å². The van der Waals surface area contributed by atoms with E-state index in [4.69, 9.17) is 0 Å². The van der Waals surface area contributed by atoms with E-state index in [2.05, 4.69) is 20.1 Å². The van der Waals surface area contributed by atoms with Gasteiger partial charge in [-0.15, -0.1) is 0 Å². The van der Waals surface area contributed by atoms with Gasteiger partial charge in [0.25, 0.3) is 5.78 Å². The van der Waals surface area contributed by atoms with Crippen molar-refractivity contribution in [1.29, 1.82) is 0 Å². The lowest BCUT2D eigenvalue weighted by Gasteiger charge is -2.06. The first-order chi connectivity index (χ1) is 13.2. The van der Waals surface area contributed by atoms with Crippen LogP contribution in [0.1, 0.15) is 5.69 Å². The van der Waals surface area contributed by atoms with Gasteiger partial charge in [-0.1, -0.05) is 0 Å². The first-order valence-electron chi connectivity index (χ1n) is 7.42. The summed E-state index contributed by atoms with van der Waals surface area (Å²) in [5, 5.41) is 14.4. The zero-order valence-corrected chi connectivity index (χ0v) is 14.2. The van der Waals surface area contributed by atoms with Gasteiger partial charge >= 0.3 is 11.2 Å². The van der Waals surface area contributed by atoms with Crippen LogP contribution in [0.25, 0.3) is 27.6 Å². The van der Waals surface area contributed by atoms with Crippen LogP contribution in [0.5, 0.6) is 0 Å². The molecule has 0 saturated heterocycles. The summed E-state index contributed by atoms with van der Waals surface area (Å²) in [5.74, 6) is -0.937. The number of hydrogen-bond acceptors (Lipinski definition) is 7. The van der Waals surface area contributed by atoms with Gasteiger partial charge in [-0.05, 0) is 29.5 Å². The fourth-order valence-corrected chi connectivity index (χ4v) is 3.18. The van der Waals surface area contributed by atoms with Crippen molar-refractivity contribution in [3.8, 4) is 21.8 Å². The van der Waals surface area contributed by atoms with Gasteiger partial charge in [0.1, 0.15) is 17.0 Å². The molecule has 0 atom stereocenters. The number of nitro groups is 1. The normalized spacial score (nSPS) is 11.9. The highest BCUT2D eigenvalue weighted by Crippen LogP contribution is 2.34. The molecule has 0 aliphatic carbocycles. The van der Waals surface area contributed by atoms with E-state index >= 15 is 0 Å². The van der Waals surface area contributed by atoms with E-state index in [0.717, 1.165) is 16.8 Å². The van der Waals surface area contributed by atoms with E-state index in [0.29, 0.717) is 23.1 Å². The third-order valence-electron chi connectivity index (χ3n) is 3.69. The molecule has 0 radical (unpaired) electrons. The lowest BCUT2D eigenvalue weighted by atomic mass is 10.1. The molecule has 0 N–H and O–H groups in total. The van der Waals surface area contributed by atoms with Crippen LogP contribution in [0.4, 0.5) is 22.6 Å². The standard InChI is InChI=1S/C15H6F4N6O2S/c16-9-2-1-7(3-8(9)13-20-6-12(28-13)25(26)27)10-4-21-14-23-11(15(17,18)19)5-22-24(10)14/h1-6H. The van der Waals surface area contributed by atoms with Gasteiger partial charge in [-0.3, -0.25) is 10.1 Å².